The summed E-state index contributed by atoms with van der Waals surface area (Å²) < 4.78 is 16.0. The lowest BCUT2D eigenvalue weighted by Gasteiger charge is -2.21. The van der Waals surface area contributed by atoms with Crippen molar-refractivity contribution in [3.8, 4) is 0 Å². The van der Waals surface area contributed by atoms with Crippen LogP contribution < -0.4 is 5.32 Å². The van der Waals surface area contributed by atoms with E-state index in [9.17, 15) is 4.79 Å². The number of carbonyl (C=O) groups excluding carboxylic acids is 1. The lowest BCUT2D eigenvalue weighted by molar-refractivity contribution is -0.147. The first-order chi connectivity index (χ1) is 10.1. The van der Waals surface area contributed by atoms with Gasteiger partial charge in [0.2, 0.25) is 0 Å². The average Bonchev–Trinajstić information content (AvgIpc) is 2.88. The van der Waals surface area contributed by atoms with Crippen LogP contribution in [0.2, 0.25) is 0 Å². The number of rotatable bonds is 6. The Morgan fingerprint density at radius 3 is 2.57 bits per heavy atom. The fraction of sp³-hybridized carbons (Fsp3) is 0.562. The summed E-state index contributed by atoms with van der Waals surface area (Å²) in [5, 5.41) is 2.68. The van der Waals surface area contributed by atoms with Gasteiger partial charge in [-0.1, -0.05) is 12.1 Å². The highest BCUT2D eigenvalue weighted by Crippen LogP contribution is 2.25. The molecule has 1 N–H and O–H groups in total. The zero-order valence-corrected chi connectivity index (χ0v) is 12.7. The molecule has 1 amide bonds. The molecule has 0 spiro atoms. The van der Waals surface area contributed by atoms with E-state index in [1.54, 1.807) is 6.92 Å². The fourth-order valence-corrected chi connectivity index (χ4v) is 2.35. The molecule has 2 rings (SSSR count). The molecule has 1 heterocycles. The Kier molecular flexibility index (Phi) is 5.59. The third-order valence-electron chi connectivity index (χ3n) is 3.47. The van der Waals surface area contributed by atoms with Gasteiger partial charge in [0.1, 0.15) is 0 Å². The quantitative estimate of drug-likeness (QED) is 0.874. The molecule has 0 aliphatic carbocycles. The normalized spacial score (nSPS) is 16.7. The second-order valence-corrected chi connectivity index (χ2v) is 5.23. The molecule has 1 saturated heterocycles. The Bertz CT molecular complexity index is 452. The number of ether oxygens (including phenoxy) is 3. The molecule has 0 aromatic heterocycles. The van der Waals surface area contributed by atoms with Crippen molar-refractivity contribution in [3.63, 3.8) is 0 Å². The molecule has 0 radical (unpaired) electrons. The Morgan fingerprint density at radius 1 is 1.29 bits per heavy atom. The highest BCUT2D eigenvalue weighted by Gasteiger charge is 2.29. The van der Waals surface area contributed by atoms with Crippen LogP contribution in [0.15, 0.2) is 24.3 Å². The molecule has 0 atom stereocenters. The number of amides is 1. The van der Waals surface area contributed by atoms with Crippen LogP contribution in [0, 0.1) is 0 Å². The minimum Gasteiger partial charge on any atom is -0.450 e. The van der Waals surface area contributed by atoms with E-state index in [1.165, 1.54) is 5.56 Å². The van der Waals surface area contributed by atoms with Gasteiger partial charge < -0.3 is 14.2 Å². The summed E-state index contributed by atoms with van der Waals surface area (Å²) >= 11 is 0. The largest absolute Gasteiger partial charge is 0.450 e. The van der Waals surface area contributed by atoms with Gasteiger partial charge in [-0.25, -0.2) is 4.79 Å². The molecular weight excluding hydrogens is 270 g/mol. The number of nitrogens with one attached hydrogen (secondary N) is 1. The highest BCUT2D eigenvalue weighted by molar-refractivity contribution is 5.84. The molecule has 1 aromatic carbocycles. The summed E-state index contributed by atoms with van der Waals surface area (Å²) in [7, 11) is 0. The molecule has 1 aromatic rings. The van der Waals surface area contributed by atoms with Gasteiger partial charge in [0.25, 0.3) is 0 Å². The van der Waals surface area contributed by atoms with Crippen molar-refractivity contribution in [2.75, 3.05) is 25.1 Å². The first-order valence-corrected chi connectivity index (χ1v) is 7.42. The number of carbonyl (C=O) groups is 1. The van der Waals surface area contributed by atoms with Gasteiger partial charge in [-0.15, -0.1) is 0 Å². The van der Waals surface area contributed by atoms with Crippen molar-refractivity contribution < 1.29 is 19.0 Å². The van der Waals surface area contributed by atoms with Gasteiger partial charge in [0.15, 0.2) is 5.79 Å². The number of benzene rings is 1. The molecule has 1 aliphatic heterocycles. The predicted molar refractivity (Wildman–Crippen MR) is 80.3 cm³/mol. The van der Waals surface area contributed by atoms with Crippen LogP contribution in [-0.2, 0) is 20.6 Å². The van der Waals surface area contributed by atoms with Crippen molar-refractivity contribution in [3.05, 3.63) is 29.8 Å². The van der Waals surface area contributed by atoms with Crippen LogP contribution in [0.5, 0.6) is 0 Å². The van der Waals surface area contributed by atoms with Crippen LogP contribution in [0.3, 0.4) is 0 Å². The Hall–Kier alpha value is -1.59. The second kappa shape index (κ2) is 7.43. The van der Waals surface area contributed by atoms with Gasteiger partial charge in [-0.05, 0) is 44.4 Å². The minimum atomic E-state index is -0.422. The number of hydrogen-bond acceptors (Lipinski definition) is 4. The Labute approximate surface area is 125 Å². The summed E-state index contributed by atoms with van der Waals surface area (Å²) in [6.45, 7) is 5.51. The van der Waals surface area contributed by atoms with Gasteiger partial charge >= 0.3 is 6.09 Å². The maximum atomic E-state index is 11.3. The number of hydrogen-bond donors (Lipinski definition) is 1. The zero-order chi connectivity index (χ0) is 15.1. The minimum absolute atomic E-state index is 0.368. The summed E-state index contributed by atoms with van der Waals surface area (Å²) in [5.41, 5.74) is 1.97. The lowest BCUT2D eigenvalue weighted by Crippen LogP contribution is -2.25. The molecule has 1 fully saturated rings. The van der Waals surface area contributed by atoms with Gasteiger partial charge in [-0.3, -0.25) is 5.32 Å². The van der Waals surface area contributed by atoms with E-state index in [4.69, 9.17) is 14.2 Å². The molecule has 1 aliphatic rings. The molecule has 0 bridgehead atoms. The molecule has 5 nitrogen and oxygen atoms in total. The van der Waals surface area contributed by atoms with Crippen LogP contribution in [0.4, 0.5) is 10.5 Å². The van der Waals surface area contributed by atoms with Gasteiger partial charge in [-0.2, -0.15) is 0 Å². The topological polar surface area (TPSA) is 56.8 Å². The van der Waals surface area contributed by atoms with Crippen molar-refractivity contribution in [2.24, 2.45) is 0 Å². The summed E-state index contributed by atoms with van der Waals surface area (Å²) in [4.78, 5) is 11.3. The number of aryl methyl sites for hydroxylation is 1. The SMILES string of the molecule is CCOC(=O)Nc1ccc(CCCC2(C)OCCO2)cc1. The zero-order valence-electron chi connectivity index (χ0n) is 12.7. The van der Waals surface area contributed by atoms with E-state index in [-0.39, 0.29) is 0 Å². The predicted octanol–water partition coefficient (Wildman–Crippen LogP) is 3.34. The molecule has 5 heteroatoms. The van der Waals surface area contributed by atoms with Crippen molar-refractivity contribution in [1.82, 2.24) is 0 Å². The lowest BCUT2D eigenvalue weighted by atomic mass is 10.0. The molecule has 0 unspecified atom stereocenters. The van der Waals surface area contributed by atoms with E-state index in [2.05, 4.69) is 5.32 Å². The maximum Gasteiger partial charge on any atom is 0.411 e. The van der Waals surface area contributed by atoms with Crippen molar-refractivity contribution in [1.29, 1.82) is 0 Å². The maximum absolute atomic E-state index is 11.3. The van der Waals surface area contributed by atoms with Crippen LogP contribution in [0.1, 0.15) is 32.3 Å². The monoisotopic (exact) mass is 293 g/mol. The summed E-state index contributed by atoms with van der Waals surface area (Å²) in [6.07, 6.45) is 2.42. The average molecular weight is 293 g/mol. The van der Waals surface area contributed by atoms with Gasteiger partial charge in [0.05, 0.1) is 19.8 Å². The first kappa shape index (κ1) is 15.8. The molecule has 21 heavy (non-hydrogen) atoms. The highest BCUT2D eigenvalue weighted by atomic mass is 16.7. The summed E-state index contributed by atoms with van der Waals surface area (Å²) in [6, 6.07) is 7.80. The Balaban J connectivity index is 1.75. The van der Waals surface area contributed by atoms with E-state index in [1.807, 2.05) is 31.2 Å². The first-order valence-electron chi connectivity index (χ1n) is 7.42. The Morgan fingerprint density at radius 2 is 1.95 bits per heavy atom. The van der Waals surface area contributed by atoms with E-state index in [0.29, 0.717) is 19.8 Å². The summed E-state index contributed by atoms with van der Waals surface area (Å²) in [5.74, 6) is -0.411. The third-order valence-corrected chi connectivity index (χ3v) is 3.47. The van der Waals surface area contributed by atoms with Crippen LogP contribution in [0.25, 0.3) is 0 Å². The third kappa shape index (κ3) is 5.02. The fourth-order valence-electron chi connectivity index (χ4n) is 2.35. The van der Waals surface area contributed by atoms with E-state index >= 15 is 0 Å². The van der Waals surface area contributed by atoms with Crippen LogP contribution in [-0.4, -0.2) is 31.7 Å². The standard InChI is InChI=1S/C16H23NO4/c1-3-19-15(18)17-14-8-6-13(7-9-14)5-4-10-16(2)20-11-12-21-16/h6-9H,3-5,10-12H2,1-2H3,(H,17,18). The van der Waals surface area contributed by atoms with E-state index in [0.717, 1.165) is 24.9 Å². The van der Waals surface area contributed by atoms with Crippen LogP contribution >= 0.6 is 0 Å². The molecule has 0 saturated carbocycles. The molecule has 116 valence electrons. The molecular formula is C16H23NO4. The smallest absolute Gasteiger partial charge is 0.411 e. The number of anilines is 1. The van der Waals surface area contributed by atoms with E-state index < -0.39 is 11.9 Å². The second-order valence-electron chi connectivity index (χ2n) is 5.23. The van der Waals surface area contributed by atoms with Crippen molar-refractivity contribution in [2.45, 2.75) is 38.9 Å². The van der Waals surface area contributed by atoms with Gasteiger partial charge in [0, 0.05) is 12.1 Å². The van der Waals surface area contributed by atoms with Crippen molar-refractivity contribution >= 4 is 11.8 Å².